The van der Waals surface area contributed by atoms with Gasteiger partial charge in [0.05, 0.1) is 0 Å². The maximum Gasteiger partial charge on any atom is 0.271 e. The third-order valence-corrected chi connectivity index (χ3v) is 2.08. The van der Waals surface area contributed by atoms with Crippen molar-refractivity contribution in [3.63, 3.8) is 0 Å². The van der Waals surface area contributed by atoms with Gasteiger partial charge >= 0.3 is 0 Å². The highest BCUT2D eigenvalue weighted by Crippen LogP contribution is 2.18. The molecule has 5 heteroatoms. The summed E-state index contributed by atoms with van der Waals surface area (Å²) in [5, 5.41) is 9.11. The average Bonchev–Trinajstić information content (AvgIpc) is 2.18. The fourth-order valence-electron chi connectivity index (χ4n) is 1.28. The van der Waals surface area contributed by atoms with Crippen molar-refractivity contribution >= 4 is 5.69 Å². The Labute approximate surface area is 81.2 Å². The summed E-state index contributed by atoms with van der Waals surface area (Å²) in [4.78, 5) is 23.3. The number of hydrogen-bond acceptors (Lipinski definition) is 5. The van der Waals surface area contributed by atoms with E-state index in [0.717, 1.165) is 6.42 Å². The standard InChI is InChI=1S/C9H13NO4/c1-10(4-3-5-14-2)6-7(11)9(13)8(6)12/h11H,3-5H2,1-2H3. The zero-order valence-electron chi connectivity index (χ0n) is 8.24. The zero-order valence-corrected chi connectivity index (χ0v) is 8.24. The highest BCUT2D eigenvalue weighted by molar-refractivity contribution is 5.62. The molecule has 0 bridgehead atoms. The van der Waals surface area contributed by atoms with E-state index in [4.69, 9.17) is 9.84 Å². The number of rotatable bonds is 5. The van der Waals surface area contributed by atoms with Crippen LogP contribution in [0.25, 0.3) is 0 Å². The second kappa shape index (κ2) is 4.23. The number of anilines is 1. The van der Waals surface area contributed by atoms with Crippen LogP contribution >= 0.6 is 0 Å². The van der Waals surface area contributed by atoms with Crippen LogP contribution in [0.15, 0.2) is 9.59 Å². The minimum absolute atomic E-state index is 0.117. The van der Waals surface area contributed by atoms with Crippen LogP contribution in [-0.4, -0.2) is 32.4 Å². The Hall–Kier alpha value is -1.36. The molecule has 0 spiro atoms. The average molecular weight is 199 g/mol. The SMILES string of the molecule is COCCCN(C)c1c(O)c(=O)c1=O. The molecule has 1 aromatic rings. The van der Waals surface area contributed by atoms with E-state index in [-0.39, 0.29) is 5.69 Å². The summed E-state index contributed by atoms with van der Waals surface area (Å²) < 4.78 is 4.84. The van der Waals surface area contributed by atoms with E-state index in [2.05, 4.69) is 0 Å². The van der Waals surface area contributed by atoms with Gasteiger partial charge < -0.3 is 14.7 Å². The Kier molecular flexibility index (Phi) is 3.24. The summed E-state index contributed by atoms with van der Waals surface area (Å²) in [6, 6.07) is 0. The van der Waals surface area contributed by atoms with Gasteiger partial charge in [-0.3, -0.25) is 9.59 Å². The molecule has 0 heterocycles. The molecule has 0 amide bonds. The number of ether oxygens (including phenoxy) is 1. The van der Waals surface area contributed by atoms with Gasteiger partial charge in [-0.1, -0.05) is 0 Å². The maximum absolute atomic E-state index is 11.0. The smallest absolute Gasteiger partial charge is 0.271 e. The summed E-state index contributed by atoms with van der Waals surface area (Å²) in [6.07, 6.45) is 0.741. The number of nitrogens with zero attached hydrogens (tertiary/aromatic N) is 1. The van der Waals surface area contributed by atoms with Crippen LogP contribution in [0.1, 0.15) is 6.42 Å². The number of aromatic hydroxyl groups is 1. The van der Waals surface area contributed by atoms with Crippen LogP contribution < -0.4 is 15.8 Å². The molecule has 0 unspecified atom stereocenters. The Balaban J connectivity index is 2.58. The van der Waals surface area contributed by atoms with E-state index >= 15 is 0 Å². The highest BCUT2D eigenvalue weighted by atomic mass is 16.5. The third kappa shape index (κ3) is 1.77. The van der Waals surface area contributed by atoms with Crippen LogP contribution in [0.4, 0.5) is 5.69 Å². The number of hydrogen-bond donors (Lipinski definition) is 1. The van der Waals surface area contributed by atoms with Gasteiger partial charge in [0.15, 0.2) is 5.75 Å². The second-order valence-electron chi connectivity index (χ2n) is 3.12. The van der Waals surface area contributed by atoms with Gasteiger partial charge in [-0.25, -0.2) is 0 Å². The van der Waals surface area contributed by atoms with Gasteiger partial charge in [-0.2, -0.15) is 0 Å². The first-order chi connectivity index (χ1) is 6.59. The van der Waals surface area contributed by atoms with Gasteiger partial charge in [-0.05, 0) is 6.42 Å². The van der Waals surface area contributed by atoms with Crippen molar-refractivity contribution in [3.05, 3.63) is 20.4 Å². The van der Waals surface area contributed by atoms with Crippen LogP contribution in [0, 0.1) is 0 Å². The summed E-state index contributed by atoms with van der Waals surface area (Å²) >= 11 is 0. The quantitative estimate of drug-likeness (QED) is 0.509. The summed E-state index contributed by atoms with van der Waals surface area (Å²) in [5.41, 5.74) is -1.29. The van der Waals surface area contributed by atoms with Crippen LogP contribution in [0.5, 0.6) is 5.75 Å². The molecule has 0 aliphatic heterocycles. The van der Waals surface area contributed by atoms with Crippen LogP contribution in [0.2, 0.25) is 0 Å². The monoisotopic (exact) mass is 199 g/mol. The van der Waals surface area contributed by atoms with Gasteiger partial charge in [0.2, 0.25) is 0 Å². The molecule has 14 heavy (non-hydrogen) atoms. The summed E-state index contributed by atoms with van der Waals surface area (Å²) in [5.74, 6) is -0.421. The van der Waals surface area contributed by atoms with Crippen molar-refractivity contribution < 1.29 is 9.84 Å². The topological polar surface area (TPSA) is 66.8 Å². The molecule has 0 aromatic heterocycles. The summed E-state index contributed by atoms with van der Waals surface area (Å²) in [6.45, 7) is 1.16. The molecule has 0 saturated heterocycles. The van der Waals surface area contributed by atoms with Crippen molar-refractivity contribution in [1.82, 2.24) is 0 Å². The first-order valence-electron chi connectivity index (χ1n) is 4.32. The second-order valence-corrected chi connectivity index (χ2v) is 3.12. The molecular formula is C9H13NO4. The van der Waals surface area contributed by atoms with Gasteiger partial charge in [-0.15, -0.1) is 0 Å². The molecule has 0 aliphatic rings. The van der Waals surface area contributed by atoms with E-state index < -0.39 is 16.6 Å². The molecule has 5 nitrogen and oxygen atoms in total. The van der Waals surface area contributed by atoms with E-state index in [9.17, 15) is 9.59 Å². The maximum atomic E-state index is 11.0. The Bertz CT molecular complexity index is 378. The van der Waals surface area contributed by atoms with E-state index in [1.807, 2.05) is 0 Å². The molecule has 1 aromatic carbocycles. The first-order valence-corrected chi connectivity index (χ1v) is 4.32. The lowest BCUT2D eigenvalue weighted by atomic mass is 10.2. The zero-order chi connectivity index (χ0) is 10.7. The molecule has 0 saturated carbocycles. The highest BCUT2D eigenvalue weighted by Gasteiger charge is 2.22. The Morgan fingerprint density at radius 2 is 2.00 bits per heavy atom. The molecule has 0 aliphatic carbocycles. The fraction of sp³-hybridized carbons (Fsp3) is 0.556. The Morgan fingerprint density at radius 1 is 1.36 bits per heavy atom. The van der Waals surface area contributed by atoms with Crippen molar-refractivity contribution in [2.75, 3.05) is 32.2 Å². The fourth-order valence-corrected chi connectivity index (χ4v) is 1.28. The predicted octanol–water partition coefficient (Wildman–Crippen LogP) is -0.539. The first kappa shape index (κ1) is 10.7. The molecule has 1 rings (SSSR count). The molecular weight excluding hydrogens is 186 g/mol. The molecule has 0 atom stereocenters. The van der Waals surface area contributed by atoms with Gasteiger partial charge in [0.1, 0.15) is 5.69 Å². The van der Waals surface area contributed by atoms with E-state index in [0.29, 0.717) is 13.2 Å². The van der Waals surface area contributed by atoms with Crippen molar-refractivity contribution in [1.29, 1.82) is 0 Å². The number of methoxy groups -OCH3 is 1. The van der Waals surface area contributed by atoms with E-state index in [1.165, 1.54) is 0 Å². The lowest BCUT2D eigenvalue weighted by Gasteiger charge is -2.20. The predicted molar refractivity (Wildman–Crippen MR) is 52.8 cm³/mol. The molecule has 1 N–H and O–H groups in total. The minimum Gasteiger partial charge on any atom is -0.502 e. The van der Waals surface area contributed by atoms with Crippen molar-refractivity contribution in [3.8, 4) is 5.75 Å². The van der Waals surface area contributed by atoms with Crippen molar-refractivity contribution in [2.45, 2.75) is 6.42 Å². The lowest BCUT2D eigenvalue weighted by molar-refractivity contribution is 0.196. The molecule has 78 valence electrons. The van der Waals surface area contributed by atoms with Crippen LogP contribution in [0.3, 0.4) is 0 Å². The van der Waals surface area contributed by atoms with Gasteiger partial charge in [0, 0.05) is 27.3 Å². The Morgan fingerprint density at radius 3 is 2.50 bits per heavy atom. The summed E-state index contributed by atoms with van der Waals surface area (Å²) in [7, 11) is 3.25. The molecule has 0 radical (unpaired) electrons. The normalized spacial score (nSPS) is 10.7. The lowest BCUT2D eigenvalue weighted by Crippen LogP contribution is -2.38. The third-order valence-electron chi connectivity index (χ3n) is 2.08. The minimum atomic E-state index is -0.793. The van der Waals surface area contributed by atoms with Crippen molar-refractivity contribution in [2.24, 2.45) is 0 Å². The van der Waals surface area contributed by atoms with Crippen LogP contribution in [-0.2, 0) is 4.74 Å². The largest absolute Gasteiger partial charge is 0.502 e. The van der Waals surface area contributed by atoms with Gasteiger partial charge in [0.25, 0.3) is 10.9 Å². The molecule has 0 fully saturated rings. The van der Waals surface area contributed by atoms with E-state index in [1.54, 1.807) is 19.1 Å².